The van der Waals surface area contributed by atoms with E-state index < -0.39 is 12.0 Å². The van der Waals surface area contributed by atoms with Gasteiger partial charge in [0.2, 0.25) is 0 Å². The Morgan fingerprint density at radius 1 is 1.30 bits per heavy atom. The average Bonchev–Trinajstić information content (AvgIpc) is 2.89. The van der Waals surface area contributed by atoms with Crippen molar-refractivity contribution in [1.82, 2.24) is 5.32 Å². The lowest BCUT2D eigenvalue weighted by Crippen LogP contribution is -2.49. The summed E-state index contributed by atoms with van der Waals surface area (Å²) in [6.07, 6.45) is 3.19. The summed E-state index contributed by atoms with van der Waals surface area (Å²) >= 11 is 0. The van der Waals surface area contributed by atoms with Gasteiger partial charge in [-0.1, -0.05) is 23.8 Å². The highest BCUT2D eigenvalue weighted by atomic mass is 16.8. The Morgan fingerprint density at radius 3 is 2.63 bits per heavy atom. The Hall–Kier alpha value is -1.89. The summed E-state index contributed by atoms with van der Waals surface area (Å²) in [4.78, 5) is 13.0. The Balaban J connectivity index is 2.07. The number of methoxy groups -OCH3 is 1. The largest absolute Gasteiger partial charge is 0.442 e. The van der Waals surface area contributed by atoms with Crippen molar-refractivity contribution in [1.29, 1.82) is 0 Å². The van der Waals surface area contributed by atoms with Crippen LogP contribution < -0.4 is 5.32 Å². The third kappa shape index (κ3) is 3.88. The summed E-state index contributed by atoms with van der Waals surface area (Å²) in [5.74, 6) is 0.315. The van der Waals surface area contributed by atoms with Gasteiger partial charge in [-0.3, -0.25) is 4.79 Å². The molecule has 1 aliphatic carbocycles. The first kappa shape index (κ1) is 19.9. The van der Waals surface area contributed by atoms with Crippen molar-refractivity contribution < 1.29 is 24.1 Å². The number of aliphatic hydroxyl groups excluding tert-OH is 1. The fraction of sp³-hybridized carbons (Fsp3) is 0.571. The standard InChI is InChI=1S/C21H29NO5/c1-5-26-20(24)27-18-17(16-12-13(2)6-7-14(16)3)19(23)22-21(18)10-8-15(25-4)9-11-21/h6-7,12,15,20,24H,5,8-11H2,1-4H3,(H,22,23). The molecule has 0 bridgehead atoms. The molecule has 1 aliphatic heterocycles. The molecule has 3 rings (SSSR count). The number of rotatable bonds is 6. The quantitative estimate of drug-likeness (QED) is 0.748. The van der Waals surface area contributed by atoms with Crippen molar-refractivity contribution in [3.05, 3.63) is 40.6 Å². The zero-order chi connectivity index (χ0) is 19.6. The molecule has 148 valence electrons. The number of aryl methyl sites for hydroxylation is 2. The predicted octanol–water partition coefficient (Wildman–Crippen LogP) is 2.80. The van der Waals surface area contributed by atoms with Gasteiger partial charge in [0.25, 0.3) is 5.91 Å². The fourth-order valence-corrected chi connectivity index (χ4v) is 4.05. The van der Waals surface area contributed by atoms with Crippen LogP contribution in [0.5, 0.6) is 0 Å². The first-order valence-corrected chi connectivity index (χ1v) is 9.54. The molecular weight excluding hydrogens is 346 g/mol. The van der Waals surface area contributed by atoms with Crippen molar-refractivity contribution >= 4 is 11.5 Å². The highest BCUT2D eigenvalue weighted by molar-refractivity contribution is 6.23. The molecule has 1 aromatic carbocycles. The van der Waals surface area contributed by atoms with Crippen molar-refractivity contribution in [2.75, 3.05) is 13.7 Å². The zero-order valence-corrected chi connectivity index (χ0v) is 16.5. The monoisotopic (exact) mass is 375 g/mol. The van der Waals surface area contributed by atoms with E-state index in [1.165, 1.54) is 0 Å². The normalized spacial score (nSPS) is 26.4. The number of aliphatic hydroxyl groups is 1. The minimum atomic E-state index is -1.41. The lowest BCUT2D eigenvalue weighted by Gasteiger charge is -2.38. The highest BCUT2D eigenvalue weighted by Gasteiger charge is 2.50. The maximum atomic E-state index is 13.0. The number of amides is 1. The summed E-state index contributed by atoms with van der Waals surface area (Å²) in [6.45, 7) is 4.65. The fourth-order valence-electron chi connectivity index (χ4n) is 4.05. The van der Waals surface area contributed by atoms with E-state index >= 15 is 0 Å². The zero-order valence-electron chi connectivity index (χ0n) is 16.5. The summed E-state index contributed by atoms with van der Waals surface area (Å²) in [7, 11) is 1.71. The van der Waals surface area contributed by atoms with Gasteiger partial charge in [0.1, 0.15) is 5.76 Å². The van der Waals surface area contributed by atoms with E-state index in [1.807, 2.05) is 32.0 Å². The number of ether oxygens (including phenoxy) is 3. The van der Waals surface area contributed by atoms with Gasteiger partial charge in [-0.25, -0.2) is 0 Å². The van der Waals surface area contributed by atoms with E-state index in [9.17, 15) is 9.90 Å². The smallest absolute Gasteiger partial charge is 0.313 e. The molecule has 0 aromatic heterocycles. The second-order valence-corrected chi connectivity index (χ2v) is 7.37. The maximum absolute atomic E-state index is 13.0. The van der Waals surface area contributed by atoms with Gasteiger partial charge in [0.05, 0.1) is 23.8 Å². The lowest BCUT2D eigenvalue weighted by atomic mass is 9.79. The minimum Gasteiger partial charge on any atom is -0.442 e. The van der Waals surface area contributed by atoms with Crippen LogP contribution in [0, 0.1) is 13.8 Å². The van der Waals surface area contributed by atoms with Crippen LogP contribution in [0.15, 0.2) is 24.0 Å². The second-order valence-electron chi connectivity index (χ2n) is 7.37. The van der Waals surface area contributed by atoms with Gasteiger partial charge < -0.3 is 24.6 Å². The molecule has 1 aromatic rings. The molecular formula is C21H29NO5. The van der Waals surface area contributed by atoms with Crippen LogP contribution in [-0.2, 0) is 19.0 Å². The topological polar surface area (TPSA) is 77.0 Å². The summed E-state index contributed by atoms with van der Waals surface area (Å²) in [5.41, 5.74) is 2.74. The molecule has 2 N–H and O–H groups in total. The van der Waals surface area contributed by atoms with E-state index in [1.54, 1.807) is 14.0 Å². The van der Waals surface area contributed by atoms with Gasteiger partial charge in [0.15, 0.2) is 0 Å². The van der Waals surface area contributed by atoms with Crippen LogP contribution in [0.1, 0.15) is 49.3 Å². The molecule has 6 heteroatoms. The summed E-state index contributed by atoms with van der Waals surface area (Å²) in [6, 6.07) is 6.00. The molecule has 1 saturated carbocycles. The Morgan fingerprint density at radius 2 is 2.00 bits per heavy atom. The highest BCUT2D eigenvalue weighted by Crippen LogP contribution is 2.44. The minimum absolute atomic E-state index is 0.168. The molecule has 1 atom stereocenters. The number of hydrogen-bond donors (Lipinski definition) is 2. The predicted molar refractivity (Wildman–Crippen MR) is 102 cm³/mol. The second kappa shape index (κ2) is 8.00. The first-order chi connectivity index (χ1) is 12.9. The van der Waals surface area contributed by atoms with Crippen LogP contribution >= 0.6 is 0 Å². The number of hydrogen-bond acceptors (Lipinski definition) is 5. The van der Waals surface area contributed by atoms with E-state index in [0.717, 1.165) is 29.5 Å². The summed E-state index contributed by atoms with van der Waals surface area (Å²) < 4.78 is 16.5. The third-order valence-electron chi connectivity index (χ3n) is 5.55. The molecule has 1 unspecified atom stereocenters. The van der Waals surface area contributed by atoms with Crippen molar-refractivity contribution in [2.24, 2.45) is 0 Å². The van der Waals surface area contributed by atoms with Gasteiger partial charge in [-0.05, 0) is 57.6 Å². The molecule has 0 radical (unpaired) electrons. The number of carbonyl (C=O) groups is 1. The molecule has 1 spiro atoms. The average molecular weight is 375 g/mol. The van der Waals surface area contributed by atoms with E-state index in [-0.39, 0.29) is 12.0 Å². The van der Waals surface area contributed by atoms with Gasteiger partial charge in [-0.2, -0.15) is 0 Å². The van der Waals surface area contributed by atoms with Crippen molar-refractivity contribution in [2.45, 2.75) is 64.6 Å². The molecule has 2 aliphatic rings. The third-order valence-corrected chi connectivity index (χ3v) is 5.55. The number of carbonyl (C=O) groups excluding carboxylic acids is 1. The molecule has 1 fully saturated rings. The summed E-state index contributed by atoms with van der Waals surface area (Å²) in [5, 5.41) is 13.3. The number of nitrogens with one attached hydrogen (secondary N) is 1. The van der Waals surface area contributed by atoms with Crippen LogP contribution in [0.25, 0.3) is 5.57 Å². The van der Waals surface area contributed by atoms with E-state index in [4.69, 9.17) is 14.2 Å². The Bertz CT molecular complexity index is 734. The van der Waals surface area contributed by atoms with Crippen LogP contribution in [0.4, 0.5) is 0 Å². The molecule has 0 saturated heterocycles. The van der Waals surface area contributed by atoms with Crippen molar-refractivity contribution in [3.63, 3.8) is 0 Å². The first-order valence-electron chi connectivity index (χ1n) is 9.54. The Labute approximate surface area is 160 Å². The van der Waals surface area contributed by atoms with Crippen LogP contribution in [-0.4, -0.2) is 42.8 Å². The molecule has 1 heterocycles. The van der Waals surface area contributed by atoms with Crippen LogP contribution in [0.3, 0.4) is 0 Å². The Kier molecular flexibility index (Phi) is 5.89. The molecule has 1 amide bonds. The van der Waals surface area contributed by atoms with Gasteiger partial charge in [-0.15, -0.1) is 0 Å². The molecule has 27 heavy (non-hydrogen) atoms. The number of benzene rings is 1. The van der Waals surface area contributed by atoms with Crippen LogP contribution in [0.2, 0.25) is 0 Å². The molecule has 6 nitrogen and oxygen atoms in total. The SMILES string of the molecule is CCOC(O)OC1=C(c2cc(C)ccc2C)C(=O)NC12CCC(OC)CC2. The lowest BCUT2D eigenvalue weighted by molar-refractivity contribution is -0.246. The van der Waals surface area contributed by atoms with Gasteiger partial charge in [0, 0.05) is 7.11 Å². The van der Waals surface area contributed by atoms with Gasteiger partial charge >= 0.3 is 6.48 Å². The van der Waals surface area contributed by atoms with Crippen molar-refractivity contribution in [3.8, 4) is 0 Å². The van der Waals surface area contributed by atoms with E-state index in [2.05, 4.69) is 5.32 Å². The van der Waals surface area contributed by atoms with E-state index in [0.29, 0.717) is 30.8 Å². The maximum Gasteiger partial charge on any atom is 0.313 e.